The summed E-state index contributed by atoms with van der Waals surface area (Å²) in [7, 11) is 1.47. The van der Waals surface area contributed by atoms with Gasteiger partial charge in [0.2, 0.25) is 0 Å². The van der Waals surface area contributed by atoms with E-state index in [-0.39, 0.29) is 17.5 Å². The zero-order valence-electron chi connectivity index (χ0n) is 11.2. The van der Waals surface area contributed by atoms with Crippen LogP contribution in [0.1, 0.15) is 23.7 Å². The summed E-state index contributed by atoms with van der Waals surface area (Å²) in [4.78, 5) is 12.2. The number of amides is 1. The number of methoxy groups -OCH3 is 1. The van der Waals surface area contributed by atoms with Crippen LogP contribution < -0.4 is 15.4 Å². The summed E-state index contributed by atoms with van der Waals surface area (Å²) < 4.78 is 18.3. The molecule has 1 amide bonds. The summed E-state index contributed by atoms with van der Waals surface area (Å²) >= 11 is 0. The lowest BCUT2D eigenvalue weighted by atomic mass is 9.94. The Bertz CT molecular complexity index is 465. The Morgan fingerprint density at radius 3 is 3.00 bits per heavy atom. The number of piperidine rings is 1. The lowest BCUT2D eigenvalue weighted by molar-refractivity contribution is 0.0911. The van der Waals surface area contributed by atoms with Crippen molar-refractivity contribution in [3.63, 3.8) is 0 Å². The summed E-state index contributed by atoms with van der Waals surface area (Å²) in [5, 5.41) is 6.18. The fraction of sp³-hybridized carbons (Fsp3) is 0.500. The number of benzene rings is 1. The monoisotopic (exact) mass is 266 g/mol. The molecule has 1 aromatic rings. The molecule has 2 rings (SSSR count). The Hall–Kier alpha value is -1.62. The van der Waals surface area contributed by atoms with E-state index >= 15 is 0 Å². The zero-order valence-corrected chi connectivity index (χ0v) is 11.2. The minimum absolute atomic E-state index is 0.0641. The smallest absolute Gasteiger partial charge is 0.255 e. The van der Waals surface area contributed by atoms with Crippen LogP contribution in [0.5, 0.6) is 5.75 Å². The predicted molar refractivity (Wildman–Crippen MR) is 70.9 cm³/mol. The predicted octanol–water partition coefficient (Wildman–Crippen LogP) is 1.56. The maximum absolute atomic E-state index is 13.3. The van der Waals surface area contributed by atoms with E-state index in [9.17, 15) is 9.18 Å². The number of hydrogen-bond acceptors (Lipinski definition) is 3. The number of halogens is 1. The number of hydrogen-bond donors (Lipinski definition) is 2. The quantitative estimate of drug-likeness (QED) is 0.873. The molecular weight excluding hydrogens is 247 g/mol. The SMILES string of the molecule is COc1ccc(F)cc1C(=O)NC1CNCCC1C. The van der Waals surface area contributed by atoms with Gasteiger partial charge in [0.25, 0.3) is 5.91 Å². The van der Waals surface area contributed by atoms with Crippen molar-refractivity contribution in [3.05, 3.63) is 29.6 Å². The van der Waals surface area contributed by atoms with Gasteiger partial charge in [0.15, 0.2) is 0 Å². The average Bonchev–Trinajstić information content (AvgIpc) is 2.41. The lowest BCUT2D eigenvalue weighted by Gasteiger charge is -2.30. The summed E-state index contributed by atoms with van der Waals surface area (Å²) in [6.45, 7) is 3.82. The van der Waals surface area contributed by atoms with Gasteiger partial charge >= 0.3 is 0 Å². The Morgan fingerprint density at radius 2 is 2.32 bits per heavy atom. The van der Waals surface area contributed by atoms with Crippen LogP contribution in [0.3, 0.4) is 0 Å². The van der Waals surface area contributed by atoms with Gasteiger partial charge in [-0.1, -0.05) is 6.92 Å². The van der Waals surface area contributed by atoms with E-state index in [0.717, 1.165) is 19.5 Å². The van der Waals surface area contributed by atoms with E-state index in [1.165, 1.54) is 25.3 Å². The summed E-state index contributed by atoms with van der Waals surface area (Å²) in [5.41, 5.74) is 0.236. The minimum Gasteiger partial charge on any atom is -0.496 e. The molecule has 104 valence electrons. The lowest BCUT2D eigenvalue weighted by Crippen LogP contribution is -2.50. The third kappa shape index (κ3) is 3.23. The molecule has 1 saturated heterocycles. The van der Waals surface area contributed by atoms with Crippen LogP contribution in [0, 0.1) is 11.7 Å². The van der Waals surface area contributed by atoms with Crippen molar-refractivity contribution in [2.24, 2.45) is 5.92 Å². The van der Waals surface area contributed by atoms with E-state index in [2.05, 4.69) is 17.6 Å². The number of carbonyl (C=O) groups is 1. The Morgan fingerprint density at radius 1 is 1.53 bits per heavy atom. The van der Waals surface area contributed by atoms with E-state index in [1.54, 1.807) is 0 Å². The Labute approximate surface area is 112 Å². The Kier molecular flexibility index (Phi) is 4.37. The second-order valence-corrected chi connectivity index (χ2v) is 4.89. The first kappa shape index (κ1) is 13.8. The van der Waals surface area contributed by atoms with Gasteiger partial charge in [-0.15, -0.1) is 0 Å². The molecule has 1 aliphatic rings. The highest BCUT2D eigenvalue weighted by molar-refractivity contribution is 5.97. The molecule has 19 heavy (non-hydrogen) atoms. The van der Waals surface area contributed by atoms with Crippen molar-refractivity contribution in [2.45, 2.75) is 19.4 Å². The van der Waals surface area contributed by atoms with Crippen LogP contribution in [0.15, 0.2) is 18.2 Å². The molecule has 1 aliphatic heterocycles. The number of nitrogens with one attached hydrogen (secondary N) is 2. The molecule has 0 saturated carbocycles. The fourth-order valence-electron chi connectivity index (χ4n) is 2.29. The highest BCUT2D eigenvalue weighted by atomic mass is 19.1. The Balaban J connectivity index is 2.13. The van der Waals surface area contributed by atoms with Crippen LogP contribution in [0.25, 0.3) is 0 Å². The standard InChI is InChI=1S/C14H19FN2O2/c1-9-5-6-16-8-12(9)17-14(18)11-7-10(15)3-4-13(11)19-2/h3-4,7,9,12,16H,5-6,8H2,1-2H3,(H,17,18). The van der Waals surface area contributed by atoms with E-state index in [0.29, 0.717) is 11.7 Å². The van der Waals surface area contributed by atoms with Crippen LogP contribution in [-0.4, -0.2) is 32.1 Å². The maximum Gasteiger partial charge on any atom is 0.255 e. The number of carbonyl (C=O) groups excluding carboxylic acids is 1. The highest BCUT2D eigenvalue weighted by Gasteiger charge is 2.24. The highest BCUT2D eigenvalue weighted by Crippen LogP contribution is 2.20. The van der Waals surface area contributed by atoms with E-state index < -0.39 is 5.82 Å². The van der Waals surface area contributed by atoms with Gasteiger partial charge in [-0.05, 0) is 37.1 Å². The van der Waals surface area contributed by atoms with Crippen molar-refractivity contribution in [2.75, 3.05) is 20.2 Å². The van der Waals surface area contributed by atoms with Crippen molar-refractivity contribution in [1.82, 2.24) is 10.6 Å². The van der Waals surface area contributed by atoms with Crippen LogP contribution in [-0.2, 0) is 0 Å². The van der Waals surface area contributed by atoms with Crippen molar-refractivity contribution in [1.29, 1.82) is 0 Å². The topological polar surface area (TPSA) is 50.4 Å². The third-order valence-electron chi connectivity index (χ3n) is 3.55. The molecule has 1 fully saturated rings. The molecule has 2 atom stereocenters. The molecule has 2 N–H and O–H groups in total. The second kappa shape index (κ2) is 6.02. The molecule has 5 heteroatoms. The third-order valence-corrected chi connectivity index (χ3v) is 3.55. The first-order valence-electron chi connectivity index (χ1n) is 6.47. The molecular formula is C14H19FN2O2. The molecule has 0 spiro atoms. The average molecular weight is 266 g/mol. The normalized spacial score (nSPS) is 22.9. The molecule has 2 unspecified atom stereocenters. The van der Waals surface area contributed by atoms with Crippen LogP contribution >= 0.6 is 0 Å². The molecule has 0 bridgehead atoms. The number of ether oxygens (including phenoxy) is 1. The summed E-state index contributed by atoms with van der Waals surface area (Å²) in [5.74, 6) is 0.0535. The van der Waals surface area contributed by atoms with Gasteiger partial charge in [-0.25, -0.2) is 4.39 Å². The first-order valence-corrected chi connectivity index (χ1v) is 6.47. The van der Waals surface area contributed by atoms with Gasteiger partial charge in [0.05, 0.1) is 12.7 Å². The molecule has 1 heterocycles. The van der Waals surface area contributed by atoms with Gasteiger partial charge in [0.1, 0.15) is 11.6 Å². The van der Waals surface area contributed by atoms with E-state index in [4.69, 9.17) is 4.74 Å². The van der Waals surface area contributed by atoms with Gasteiger partial charge in [0, 0.05) is 12.6 Å². The molecule has 4 nitrogen and oxygen atoms in total. The fourth-order valence-corrected chi connectivity index (χ4v) is 2.29. The summed E-state index contributed by atoms with van der Waals surface area (Å²) in [6, 6.07) is 4.01. The molecule has 0 radical (unpaired) electrons. The minimum atomic E-state index is -0.444. The van der Waals surface area contributed by atoms with Crippen LogP contribution in [0.4, 0.5) is 4.39 Å². The van der Waals surface area contributed by atoms with Gasteiger partial charge in [-0.3, -0.25) is 4.79 Å². The molecule has 1 aromatic carbocycles. The van der Waals surface area contributed by atoms with Crippen molar-refractivity contribution in [3.8, 4) is 5.75 Å². The maximum atomic E-state index is 13.3. The molecule has 0 aromatic heterocycles. The van der Waals surface area contributed by atoms with Gasteiger partial charge < -0.3 is 15.4 Å². The molecule has 0 aliphatic carbocycles. The summed E-state index contributed by atoms with van der Waals surface area (Å²) in [6.07, 6.45) is 1.02. The van der Waals surface area contributed by atoms with Crippen molar-refractivity contribution >= 4 is 5.91 Å². The van der Waals surface area contributed by atoms with Gasteiger partial charge in [-0.2, -0.15) is 0 Å². The van der Waals surface area contributed by atoms with Crippen molar-refractivity contribution < 1.29 is 13.9 Å². The van der Waals surface area contributed by atoms with E-state index in [1.807, 2.05) is 0 Å². The first-order chi connectivity index (χ1) is 9.11. The number of rotatable bonds is 3. The second-order valence-electron chi connectivity index (χ2n) is 4.89. The van der Waals surface area contributed by atoms with Crippen LogP contribution in [0.2, 0.25) is 0 Å². The largest absolute Gasteiger partial charge is 0.496 e. The zero-order chi connectivity index (χ0) is 13.8.